The first-order valence-corrected chi connectivity index (χ1v) is 4.41. The van der Waals surface area contributed by atoms with Crippen LogP contribution in [0.2, 0.25) is 0 Å². The van der Waals surface area contributed by atoms with Crippen LogP contribution in [0.15, 0.2) is 18.2 Å². The molecule has 1 rings (SSSR count). The highest BCUT2D eigenvalue weighted by Gasteiger charge is 2.17. The second-order valence-corrected chi connectivity index (χ2v) is 3.10. The number of rotatable bonds is 4. The molecule has 0 amide bonds. The zero-order valence-electron chi connectivity index (χ0n) is 8.31. The van der Waals surface area contributed by atoms with Gasteiger partial charge >= 0.3 is 0 Å². The number of nitrogens with two attached hydrogens (primary N) is 1. The van der Waals surface area contributed by atoms with E-state index in [2.05, 4.69) is 0 Å². The molecule has 0 radical (unpaired) electrons. The first kappa shape index (κ1) is 11.4. The van der Waals surface area contributed by atoms with Gasteiger partial charge in [-0.25, -0.2) is 4.39 Å². The van der Waals surface area contributed by atoms with E-state index in [1.54, 1.807) is 11.9 Å². The summed E-state index contributed by atoms with van der Waals surface area (Å²) in [5.74, 6) is -0.619. The second-order valence-electron chi connectivity index (χ2n) is 3.10. The molecular weight excluding hydrogens is 201 g/mol. The maximum atomic E-state index is 12.8. The molecule has 0 aliphatic carbocycles. The molecule has 1 aromatic carbocycles. The minimum absolute atomic E-state index is 0.244. The van der Waals surface area contributed by atoms with Crippen LogP contribution in [0.3, 0.4) is 0 Å². The van der Waals surface area contributed by atoms with Crippen LogP contribution in [0.5, 0.6) is 0 Å². The standard InChI is InChI=1S/C9H12FN3O2/c1-12(5-4-11)8-3-2-7(10)6-9(8)13(14)15/h2-3,6H,4-5,11H2,1H3. The van der Waals surface area contributed by atoms with Crippen molar-refractivity contribution in [2.45, 2.75) is 0 Å². The summed E-state index contributed by atoms with van der Waals surface area (Å²) >= 11 is 0. The summed E-state index contributed by atoms with van der Waals surface area (Å²) in [4.78, 5) is 11.7. The number of nitro benzene ring substituents is 1. The normalized spacial score (nSPS) is 10.1. The lowest BCUT2D eigenvalue weighted by Gasteiger charge is -2.17. The van der Waals surface area contributed by atoms with Crippen LogP contribution in [0, 0.1) is 15.9 Å². The lowest BCUT2D eigenvalue weighted by atomic mass is 10.2. The minimum Gasteiger partial charge on any atom is -0.368 e. The summed E-state index contributed by atoms with van der Waals surface area (Å²) in [5, 5.41) is 10.7. The molecular formula is C9H12FN3O2. The molecule has 15 heavy (non-hydrogen) atoms. The van der Waals surface area contributed by atoms with Crippen LogP contribution in [0.25, 0.3) is 0 Å². The molecule has 0 unspecified atom stereocenters. The molecule has 5 nitrogen and oxygen atoms in total. The largest absolute Gasteiger partial charge is 0.368 e. The Bertz CT molecular complexity index is 370. The second kappa shape index (κ2) is 4.70. The molecule has 82 valence electrons. The van der Waals surface area contributed by atoms with Crippen LogP contribution in [-0.2, 0) is 0 Å². The molecule has 0 atom stereocenters. The number of hydrogen-bond acceptors (Lipinski definition) is 4. The van der Waals surface area contributed by atoms with Crippen LogP contribution < -0.4 is 10.6 Å². The maximum absolute atomic E-state index is 12.8. The highest BCUT2D eigenvalue weighted by atomic mass is 19.1. The molecule has 0 bridgehead atoms. The average Bonchev–Trinajstić information content (AvgIpc) is 2.17. The van der Waals surface area contributed by atoms with E-state index >= 15 is 0 Å². The summed E-state index contributed by atoms with van der Waals surface area (Å²) < 4.78 is 12.8. The van der Waals surface area contributed by atoms with Gasteiger partial charge in [-0.15, -0.1) is 0 Å². The van der Waals surface area contributed by atoms with E-state index in [9.17, 15) is 14.5 Å². The Morgan fingerprint density at radius 2 is 2.27 bits per heavy atom. The van der Waals surface area contributed by atoms with Crippen LogP contribution in [0.1, 0.15) is 0 Å². The summed E-state index contributed by atoms with van der Waals surface area (Å²) in [6.45, 7) is 0.859. The van der Waals surface area contributed by atoms with Gasteiger partial charge in [-0.3, -0.25) is 10.1 Å². The number of nitro groups is 1. The Hall–Kier alpha value is -1.69. The van der Waals surface area contributed by atoms with Crippen LogP contribution in [0.4, 0.5) is 15.8 Å². The maximum Gasteiger partial charge on any atom is 0.295 e. The fourth-order valence-corrected chi connectivity index (χ4v) is 1.28. The molecule has 0 aliphatic heterocycles. The zero-order chi connectivity index (χ0) is 11.4. The lowest BCUT2D eigenvalue weighted by molar-refractivity contribution is -0.384. The quantitative estimate of drug-likeness (QED) is 0.601. The molecule has 2 N–H and O–H groups in total. The smallest absolute Gasteiger partial charge is 0.295 e. The highest BCUT2D eigenvalue weighted by molar-refractivity contribution is 5.62. The summed E-state index contributed by atoms with van der Waals surface area (Å²) in [6.07, 6.45) is 0. The molecule has 0 saturated heterocycles. The summed E-state index contributed by atoms with van der Waals surface area (Å²) in [5.41, 5.74) is 5.46. The van der Waals surface area contributed by atoms with Gasteiger partial charge in [0, 0.05) is 20.1 Å². The van der Waals surface area contributed by atoms with E-state index in [0.717, 1.165) is 6.07 Å². The predicted molar refractivity (Wildman–Crippen MR) is 55.4 cm³/mol. The van der Waals surface area contributed by atoms with Crippen molar-refractivity contribution in [3.8, 4) is 0 Å². The van der Waals surface area contributed by atoms with Gasteiger partial charge in [-0.1, -0.05) is 0 Å². The fraction of sp³-hybridized carbons (Fsp3) is 0.333. The molecule has 0 aromatic heterocycles. The third-order valence-electron chi connectivity index (χ3n) is 2.01. The van der Waals surface area contributed by atoms with E-state index in [-0.39, 0.29) is 5.69 Å². The minimum atomic E-state index is -0.619. The van der Waals surface area contributed by atoms with E-state index in [4.69, 9.17) is 5.73 Å². The molecule has 0 aliphatic rings. The Morgan fingerprint density at radius 3 is 2.80 bits per heavy atom. The monoisotopic (exact) mass is 213 g/mol. The predicted octanol–water partition coefficient (Wildman–Crippen LogP) is 1.13. The van der Waals surface area contributed by atoms with Gasteiger partial charge in [0.2, 0.25) is 0 Å². The SMILES string of the molecule is CN(CCN)c1ccc(F)cc1[N+](=O)[O-]. The van der Waals surface area contributed by atoms with E-state index in [1.165, 1.54) is 12.1 Å². The van der Waals surface area contributed by atoms with Gasteiger partial charge in [-0.05, 0) is 12.1 Å². The summed E-state index contributed by atoms with van der Waals surface area (Å²) in [7, 11) is 1.67. The number of hydrogen-bond donors (Lipinski definition) is 1. The Balaban J connectivity index is 3.10. The van der Waals surface area contributed by atoms with Crippen molar-refractivity contribution in [1.29, 1.82) is 0 Å². The average molecular weight is 213 g/mol. The molecule has 6 heteroatoms. The highest BCUT2D eigenvalue weighted by Crippen LogP contribution is 2.27. The van der Waals surface area contributed by atoms with Gasteiger partial charge in [0.25, 0.3) is 5.69 Å². The van der Waals surface area contributed by atoms with Crippen molar-refractivity contribution in [3.05, 3.63) is 34.1 Å². The van der Waals surface area contributed by atoms with Crippen LogP contribution in [-0.4, -0.2) is 25.1 Å². The van der Waals surface area contributed by atoms with Gasteiger partial charge in [-0.2, -0.15) is 0 Å². The Labute approximate surface area is 86.4 Å². The van der Waals surface area contributed by atoms with E-state index < -0.39 is 10.7 Å². The van der Waals surface area contributed by atoms with E-state index in [0.29, 0.717) is 18.8 Å². The van der Waals surface area contributed by atoms with Gasteiger partial charge < -0.3 is 10.6 Å². The molecule has 0 spiro atoms. The molecule has 0 heterocycles. The number of anilines is 1. The Morgan fingerprint density at radius 1 is 1.60 bits per heavy atom. The fourth-order valence-electron chi connectivity index (χ4n) is 1.28. The van der Waals surface area contributed by atoms with Crippen molar-refractivity contribution < 1.29 is 9.31 Å². The number of nitrogens with zero attached hydrogens (tertiary/aromatic N) is 2. The van der Waals surface area contributed by atoms with Crippen LogP contribution >= 0.6 is 0 Å². The number of likely N-dealkylation sites (N-methyl/N-ethyl adjacent to an activating group) is 1. The number of benzene rings is 1. The van der Waals surface area contributed by atoms with Crippen molar-refractivity contribution >= 4 is 11.4 Å². The topological polar surface area (TPSA) is 72.4 Å². The molecule has 1 aromatic rings. The third-order valence-corrected chi connectivity index (χ3v) is 2.01. The van der Waals surface area contributed by atoms with Crippen molar-refractivity contribution in [2.24, 2.45) is 5.73 Å². The van der Waals surface area contributed by atoms with Gasteiger partial charge in [0.15, 0.2) is 0 Å². The van der Waals surface area contributed by atoms with Gasteiger partial charge in [0.1, 0.15) is 11.5 Å². The summed E-state index contributed by atoms with van der Waals surface area (Å²) in [6, 6.07) is 3.47. The van der Waals surface area contributed by atoms with E-state index in [1.807, 2.05) is 0 Å². The first-order valence-electron chi connectivity index (χ1n) is 4.41. The number of halogens is 1. The lowest BCUT2D eigenvalue weighted by Crippen LogP contribution is -2.25. The van der Waals surface area contributed by atoms with Crippen molar-refractivity contribution in [3.63, 3.8) is 0 Å². The molecule has 0 saturated carbocycles. The first-order chi connectivity index (χ1) is 7.06. The zero-order valence-corrected chi connectivity index (χ0v) is 8.31. The van der Waals surface area contributed by atoms with Gasteiger partial charge in [0.05, 0.1) is 11.0 Å². The van der Waals surface area contributed by atoms with Crippen molar-refractivity contribution in [1.82, 2.24) is 0 Å². The Kier molecular flexibility index (Phi) is 3.56. The third kappa shape index (κ3) is 2.63. The molecule has 0 fully saturated rings. The van der Waals surface area contributed by atoms with Crippen molar-refractivity contribution in [2.75, 3.05) is 25.0 Å².